The lowest BCUT2D eigenvalue weighted by molar-refractivity contribution is 0.0389. The van der Waals surface area contributed by atoms with E-state index in [1.165, 1.54) is 0 Å². The Morgan fingerprint density at radius 3 is 2.46 bits per heavy atom. The number of ether oxygens (including phenoxy) is 2. The number of thiocarbonyl (C=S) groups is 1. The third-order valence-electron chi connectivity index (χ3n) is 4.25. The molecule has 2 aromatic carbocycles. The Balaban J connectivity index is 1.42. The SMILES string of the molecule is S=C(NCCN1CCOCC1)c1ccc(OCc2ccc(Br)cc2)cc1. The number of rotatable bonds is 7. The van der Waals surface area contributed by atoms with Crippen molar-refractivity contribution in [3.8, 4) is 5.75 Å². The van der Waals surface area contributed by atoms with Crippen LogP contribution in [-0.4, -0.2) is 49.3 Å². The lowest BCUT2D eigenvalue weighted by atomic mass is 10.2. The minimum absolute atomic E-state index is 0.550. The molecule has 3 rings (SSSR count). The summed E-state index contributed by atoms with van der Waals surface area (Å²) in [7, 11) is 0. The first-order valence-corrected chi connectivity index (χ1v) is 9.96. The van der Waals surface area contributed by atoms with Gasteiger partial charge in [-0.05, 0) is 42.0 Å². The zero-order chi connectivity index (χ0) is 18.2. The molecule has 2 aromatic rings. The number of nitrogens with zero attached hydrogens (tertiary/aromatic N) is 1. The van der Waals surface area contributed by atoms with E-state index in [1.807, 2.05) is 48.5 Å². The molecule has 0 bridgehead atoms. The molecule has 0 saturated carbocycles. The smallest absolute Gasteiger partial charge is 0.119 e. The second kappa shape index (κ2) is 10.0. The molecule has 4 nitrogen and oxygen atoms in total. The summed E-state index contributed by atoms with van der Waals surface area (Å²) in [5, 5.41) is 3.33. The minimum Gasteiger partial charge on any atom is -0.489 e. The minimum atomic E-state index is 0.550. The van der Waals surface area contributed by atoms with Crippen LogP contribution in [-0.2, 0) is 11.3 Å². The van der Waals surface area contributed by atoms with Crippen molar-refractivity contribution in [2.45, 2.75) is 6.61 Å². The molecule has 0 aromatic heterocycles. The van der Waals surface area contributed by atoms with Crippen molar-refractivity contribution >= 4 is 33.1 Å². The molecule has 0 radical (unpaired) electrons. The first-order valence-electron chi connectivity index (χ1n) is 8.76. The number of hydrogen-bond donors (Lipinski definition) is 1. The summed E-state index contributed by atoms with van der Waals surface area (Å²) in [5.74, 6) is 0.841. The molecule has 1 N–H and O–H groups in total. The highest BCUT2D eigenvalue weighted by Crippen LogP contribution is 2.16. The Hall–Kier alpha value is -1.47. The monoisotopic (exact) mass is 434 g/mol. The lowest BCUT2D eigenvalue weighted by Crippen LogP contribution is -2.41. The molecule has 1 aliphatic heterocycles. The zero-order valence-electron chi connectivity index (χ0n) is 14.6. The van der Waals surface area contributed by atoms with Gasteiger partial charge < -0.3 is 14.8 Å². The van der Waals surface area contributed by atoms with Crippen LogP contribution >= 0.6 is 28.1 Å². The van der Waals surface area contributed by atoms with Crippen LogP contribution in [0.2, 0.25) is 0 Å². The highest BCUT2D eigenvalue weighted by atomic mass is 79.9. The summed E-state index contributed by atoms with van der Waals surface area (Å²) >= 11 is 8.92. The molecule has 1 fully saturated rings. The predicted molar refractivity (Wildman–Crippen MR) is 112 cm³/mol. The van der Waals surface area contributed by atoms with E-state index in [4.69, 9.17) is 21.7 Å². The Labute approximate surface area is 168 Å². The van der Waals surface area contributed by atoms with Crippen molar-refractivity contribution in [3.63, 3.8) is 0 Å². The Morgan fingerprint density at radius 2 is 1.77 bits per heavy atom. The molecular weight excluding hydrogens is 412 g/mol. The van der Waals surface area contributed by atoms with Gasteiger partial charge in [0.2, 0.25) is 0 Å². The maximum atomic E-state index is 5.83. The van der Waals surface area contributed by atoms with Crippen LogP contribution in [0.1, 0.15) is 11.1 Å². The van der Waals surface area contributed by atoms with Gasteiger partial charge in [-0.25, -0.2) is 0 Å². The van der Waals surface area contributed by atoms with E-state index in [9.17, 15) is 0 Å². The molecule has 26 heavy (non-hydrogen) atoms. The first kappa shape index (κ1) is 19.3. The standard InChI is InChI=1S/C20H23BrN2O2S/c21-18-5-1-16(2-6-18)15-25-19-7-3-17(4-8-19)20(26)22-9-10-23-11-13-24-14-12-23/h1-8H,9-15H2,(H,22,26). The van der Waals surface area contributed by atoms with E-state index in [0.717, 1.165) is 65.7 Å². The van der Waals surface area contributed by atoms with Gasteiger partial charge in [-0.2, -0.15) is 0 Å². The molecule has 138 valence electrons. The van der Waals surface area contributed by atoms with Gasteiger partial charge in [-0.15, -0.1) is 0 Å². The average molecular weight is 435 g/mol. The summed E-state index contributed by atoms with van der Waals surface area (Å²) in [4.78, 5) is 3.16. The number of halogens is 1. The third kappa shape index (κ3) is 6.06. The van der Waals surface area contributed by atoms with Gasteiger partial charge in [-0.3, -0.25) is 4.90 Å². The summed E-state index contributed by atoms with van der Waals surface area (Å²) in [5.41, 5.74) is 2.15. The van der Waals surface area contributed by atoms with Gasteiger partial charge in [0.25, 0.3) is 0 Å². The molecule has 0 atom stereocenters. The first-order chi connectivity index (χ1) is 12.7. The van der Waals surface area contributed by atoms with Crippen LogP contribution in [0, 0.1) is 0 Å². The second-order valence-electron chi connectivity index (χ2n) is 6.15. The molecule has 1 aliphatic rings. The topological polar surface area (TPSA) is 33.7 Å². The van der Waals surface area contributed by atoms with Gasteiger partial charge in [0, 0.05) is 36.2 Å². The Kier molecular flexibility index (Phi) is 7.43. The molecule has 0 spiro atoms. The van der Waals surface area contributed by atoms with E-state index in [0.29, 0.717) is 6.61 Å². The number of morpholine rings is 1. The van der Waals surface area contributed by atoms with Crippen molar-refractivity contribution in [1.29, 1.82) is 0 Å². The van der Waals surface area contributed by atoms with Gasteiger partial charge in [0.15, 0.2) is 0 Å². The Bertz CT molecular complexity index is 701. The van der Waals surface area contributed by atoms with Crippen molar-refractivity contribution in [2.75, 3.05) is 39.4 Å². The lowest BCUT2D eigenvalue weighted by Gasteiger charge is -2.26. The van der Waals surface area contributed by atoms with Gasteiger partial charge in [0.05, 0.1) is 13.2 Å². The molecule has 1 saturated heterocycles. The van der Waals surface area contributed by atoms with Crippen LogP contribution in [0.25, 0.3) is 0 Å². The third-order valence-corrected chi connectivity index (χ3v) is 5.16. The second-order valence-corrected chi connectivity index (χ2v) is 7.47. The van der Waals surface area contributed by atoms with E-state index in [2.05, 4.69) is 26.1 Å². The highest BCUT2D eigenvalue weighted by molar-refractivity contribution is 9.10. The number of hydrogen-bond acceptors (Lipinski definition) is 4. The molecule has 0 unspecified atom stereocenters. The van der Waals surface area contributed by atoms with E-state index in [-0.39, 0.29) is 0 Å². The number of benzene rings is 2. The van der Waals surface area contributed by atoms with Crippen molar-refractivity contribution < 1.29 is 9.47 Å². The predicted octanol–water partition coefficient (Wildman–Crippen LogP) is 3.63. The summed E-state index contributed by atoms with van der Waals surface area (Å²) in [6, 6.07) is 16.1. The van der Waals surface area contributed by atoms with E-state index in [1.54, 1.807) is 0 Å². The van der Waals surface area contributed by atoms with Gasteiger partial charge >= 0.3 is 0 Å². The molecule has 1 heterocycles. The zero-order valence-corrected chi connectivity index (χ0v) is 17.0. The van der Waals surface area contributed by atoms with Crippen molar-refractivity contribution in [2.24, 2.45) is 0 Å². The average Bonchev–Trinajstić information content (AvgIpc) is 2.69. The van der Waals surface area contributed by atoms with Crippen molar-refractivity contribution in [3.05, 3.63) is 64.1 Å². The summed E-state index contributed by atoms with van der Waals surface area (Å²) in [6.07, 6.45) is 0. The fourth-order valence-corrected chi connectivity index (χ4v) is 3.21. The van der Waals surface area contributed by atoms with E-state index >= 15 is 0 Å². The quantitative estimate of drug-likeness (QED) is 0.672. The fourth-order valence-electron chi connectivity index (χ4n) is 2.70. The summed E-state index contributed by atoms with van der Waals surface area (Å²) in [6.45, 7) is 6.03. The van der Waals surface area contributed by atoms with Crippen molar-refractivity contribution in [1.82, 2.24) is 10.2 Å². The molecule has 6 heteroatoms. The van der Waals surface area contributed by atoms with Gasteiger partial charge in [-0.1, -0.05) is 40.3 Å². The van der Waals surface area contributed by atoms with Crippen LogP contribution in [0.3, 0.4) is 0 Å². The molecular formula is C20H23BrN2O2S. The van der Waals surface area contributed by atoms with E-state index < -0.39 is 0 Å². The number of nitrogens with one attached hydrogen (secondary N) is 1. The van der Waals surface area contributed by atoms with Gasteiger partial charge in [0.1, 0.15) is 17.3 Å². The maximum absolute atomic E-state index is 5.83. The van der Waals surface area contributed by atoms with Crippen LogP contribution in [0.4, 0.5) is 0 Å². The van der Waals surface area contributed by atoms with Crippen LogP contribution in [0.15, 0.2) is 53.0 Å². The van der Waals surface area contributed by atoms with Crippen LogP contribution < -0.4 is 10.1 Å². The molecule has 0 aliphatic carbocycles. The summed E-state index contributed by atoms with van der Waals surface area (Å²) < 4.78 is 12.3. The normalized spacial score (nSPS) is 14.8. The fraction of sp³-hybridized carbons (Fsp3) is 0.350. The maximum Gasteiger partial charge on any atom is 0.119 e. The Morgan fingerprint density at radius 1 is 1.08 bits per heavy atom. The largest absolute Gasteiger partial charge is 0.489 e. The van der Waals surface area contributed by atoms with Crippen LogP contribution in [0.5, 0.6) is 5.75 Å². The molecule has 0 amide bonds. The highest BCUT2D eigenvalue weighted by Gasteiger charge is 2.10.